The zero-order valence-corrected chi connectivity index (χ0v) is 17.0. The molecule has 3 rings (SSSR count). The number of carbonyl (C=O) groups is 2. The Labute approximate surface area is 166 Å². The monoisotopic (exact) mass is 400 g/mol. The molecular weight excluding hydrogens is 380 g/mol. The van der Waals surface area contributed by atoms with Gasteiger partial charge < -0.3 is 9.64 Å². The van der Waals surface area contributed by atoms with Crippen LogP contribution in [0.25, 0.3) is 9.88 Å². The number of aromatic nitrogens is 1. The van der Waals surface area contributed by atoms with Crippen molar-refractivity contribution >= 4 is 34.6 Å². The van der Waals surface area contributed by atoms with E-state index in [9.17, 15) is 9.59 Å². The number of rotatable bonds is 6. The third kappa shape index (κ3) is 4.43. The van der Waals surface area contributed by atoms with Crippen molar-refractivity contribution in [2.24, 2.45) is 0 Å². The molecule has 2 aromatic heterocycles. The SMILES string of the molecule is Cc1nc(-c2cccs2)sc1C(=O)OCC(=O)N(C)C(C)c1ccccc1. The van der Waals surface area contributed by atoms with Gasteiger partial charge in [-0.05, 0) is 30.9 Å². The number of amides is 1. The van der Waals surface area contributed by atoms with Crippen molar-refractivity contribution in [2.45, 2.75) is 19.9 Å². The molecule has 0 aliphatic heterocycles. The maximum atomic E-state index is 12.4. The van der Waals surface area contributed by atoms with E-state index in [0.29, 0.717) is 10.6 Å². The number of benzene rings is 1. The zero-order valence-electron chi connectivity index (χ0n) is 15.3. The summed E-state index contributed by atoms with van der Waals surface area (Å²) in [4.78, 5) is 32.3. The first-order valence-corrected chi connectivity index (χ1v) is 10.2. The second kappa shape index (κ2) is 8.45. The van der Waals surface area contributed by atoms with Crippen molar-refractivity contribution in [3.63, 3.8) is 0 Å². The van der Waals surface area contributed by atoms with Gasteiger partial charge in [0.05, 0.1) is 16.6 Å². The van der Waals surface area contributed by atoms with E-state index >= 15 is 0 Å². The van der Waals surface area contributed by atoms with Crippen molar-refractivity contribution < 1.29 is 14.3 Å². The van der Waals surface area contributed by atoms with Gasteiger partial charge in [0.15, 0.2) is 6.61 Å². The maximum absolute atomic E-state index is 12.4. The summed E-state index contributed by atoms with van der Waals surface area (Å²) in [5.41, 5.74) is 1.64. The van der Waals surface area contributed by atoms with Gasteiger partial charge >= 0.3 is 5.97 Å². The Morgan fingerprint density at radius 1 is 1.19 bits per heavy atom. The van der Waals surface area contributed by atoms with Crippen LogP contribution < -0.4 is 0 Å². The summed E-state index contributed by atoms with van der Waals surface area (Å²) in [6, 6.07) is 13.5. The number of thiophene rings is 1. The van der Waals surface area contributed by atoms with Gasteiger partial charge in [-0.3, -0.25) is 4.79 Å². The first kappa shape index (κ1) is 19.3. The van der Waals surface area contributed by atoms with Gasteiger partial charge in [0, 0.05) is 7.05 Å². The molecule has 140 valence electrons. The third-order valence-electron chi connectivity index (χ3n) is 4.30. The predicted octanol–water partition coefficient (Wildman–Crippen LogP) is 4.56. The molecule has 0 fully saturated rings. The molecule has 2 heterocycles. The molecule has 0 radical (unpaired) electrons. The quantitative estimate of drug-likeness (QED) is 0.569. The number of likely N-dealkylation sites (N-methyl/N-ethyl adjacent to an activating group) is 1. The second-order valence-corrected chi connectivity index (χ2v) is 8.03. The standard InChI is InChI=1S/C20H20N2O3S2/c1-13-18(27-19(21-13)16-10-7-11-26-16)20(24)25-12-17(23)22(3)14(2)15-8-5-4-6-9-15/h4-11,14H,12H2,1-3H3. The van der Waals surface area contributed by atoms with Gasteiger partial charge in [-0.15, -0.1) is 22.7 Å². The number of aryl methyl sites for hydroxylation is 1. The summed E-state index contributed by atoms with van der Waals surface area (Å²) in [7, 11) is 1.71. The summed E-state index contributed by atoms with van der Waals surface area (Å²) in [5, 5.41) is 2.75. The molecule has 1 aromatic carbocycles. The minimum absolute atomic E-state index is 0.104. The summed E-state index contributed by atoms with van der Waals surface area (Å²) in [5.74, 6) is -0.762. The van der Waals surface area contributed by atoms with Gasteiger partial charge in [0.2, 0.25) is 0 Å². The Morgan fingerprint density at radius 3 is 2.59 bits per heavy atom. The third-order valence-corrected chi connectivity index (χ3v) is 6.47. The highest BCUT2D eigenvalue weighted by atomic mass is 32.1. The van der Waals surface area contributed by atoms with Gasteiger partial charge in [-0.25, -0.2) is 9.78 Å². The molecule has 27 heavy (non-hydrogen) atoms. The van der Waals surface area contributed by atoms with Crippen LogP contribution >= 0.6 is 22.7 Å². The number of nitrogens with zero attached hydrogens (tertiary/aromatic N) is 2. The molecule has 0 aliphatic carbocycles. The van der Waals surface area contributed by atoms with Crippen LogP contribution in [0.3, 0.4) is 0 Å². The summed E-state index contributed by atoms with van der Waals surface area (Å²) in [6.07, 6.45) is 0. The topological polar surface area (TPSA) is 59.5 Å². The van der Waals surface area contributed by atoms with Crippen molar-refractivity contribution in [3.8, 4) is 9.88 Å². The highest BCUT2D eigenvalue weighted by molar-refractivity contribution is 7.22. The molecule has 5 nitrogen and oxygen atoms in total. The van der Waals surface area contributed by atoms with Gasteiger partial charge in [-0.2, -0.15) is 0 Å². The van der Waals surface area contributed by atoms with Crippen LogP contribution in [0.2, 0.25) is 0 Å². The fraction of sp³-hybridized carbons (Fsp3) is 0.250. The Balaban J connectivity index is 1.61. The summed E-state index contributed by atoms with van der Waals surface area (Å²) < 4.78 is 5.25. The lowest BCUT2D eigenvalue weighted by molar-refractivity contribution is -0.135. The molecule has 1 amide bonds. The van der Waals surface area contributed by atoms with E-state index in [1.54, 1.807) is 30.2 Å². The first-order chi connectivity index (χ1) is 13.0. The molecule has 0 bridgehead atoms. The number of esters is 1. The van der Waals surface area contributed by atoms with Gasteiger partial charge in [-0.1, -0.05) is 36.4 Å². The Hall–Kier alpha value is -2.51. The highest BCUT2D eigenvalue weighted by Gasteiger charge is 2.22. The zero-order chi connectivity index (χ0) is 19.4. The van der Waals surface area contributed by atoms with E-state index in [1.165, 1.54) is 11.3 Å². The number of carbonyl (C=O) groups excluding carboxylic acids is 2. The van der Waals surface area contributed by atoms with Gasteiger partial charge in [0.1, 0.15) is 9.88 Å². The lowest BCUT2D eigenvalue weighted by atomic mass is 10.1. The van der Waals surface area contributed by atoms with Crippen molar-refractivity contribution in [2.75, 3.05) is 13.7 Å². The van der Waals surface area contributed by atoms with E-state index in [0.717, 1.165) is 15.4 Å². The molecule has 7 heteroatoms. The molecule has 1 atom stereocenters. The highest BCUT2D eigenvalue weighted by Crippen LogP contribution is 2.31. The Kier molecular flexibility index (Phi) is 6.03. The van der Waals surface area contributed by atoms with E-state index < -0.39 is 5.97 Å². The number of thiazole rings is 1. The van der Waals surface area contributed by atoms with E-state index in [-0.39, 0.29) is 18.6 Å². The average Bonchev–Trinajstić information content (AvgIpc) is 3.35. The maximum Gasteiger partial charge on any atom is 0.350 e. The Bertz CT molecular complexity index is 920. The summed E-state index contributed by atoms with van der Waals surface area (Å²) >= 11 is 2.86. The Morgan fingerprint density at radius 2 is 1.93 bits per heavy atom. The number of hydrogen-bond donors (Lipinski definition) is 0. The average molecular weight is 401 g/mol. The molecule has 1 unspecified atom stereocenters. The largest absolute Gasteiger partial charge is 0.451 e. The minimum Gasteiger partial charge on any atom is -0.451 e. The van der Waals surface area contributed by atoms with Crippen LogP contribution in [0.5, 0.6) is 0 Å². The van der Waals surface area contributed by atoms with E-state index in [4.69, 9.17) is 4.74 Å². The normalized spacial score (nSPS) is 11.8. The molecule has 0 N–H and O–H groups in total. The molecule has 0 spiro atoms. The lowest BCUT2D eigenvalue weighted by Gasteiger charge is -2.25. The molecule has 3 aromatic rings. The van der Waals surface area contributed by atoms with Crippen LogP contribution in [0.4, 0.5) is 0 Å². The smallest absolute Gasteiger partial charge is 0.350 e. The van der Waals surface area contributed by atoms with Crippen molar-refractivity contribution in [1.82, 2.24) is 9.88 Å². The molecule has 0 saturated carbocycles. The molecule has 0 aliphatic rings. The molecule has 0 saturated heterocycles. The second-order valence-electron chi connectivity index (χ2n) is 6.08. The van der Waals surface area contributed by atoms with Crippen molar-refractivity contribution in [1.29, 1.82) is 0 Å². The van der Waals surface area contributed by atoms with Crippen LogP contribution in [-0.2, 0) is 9.53 Å². The van der Waals surface area contributed by atoms with Crippen LogP contribution in [0.1, 0.15) is 33.9 Å². The fourth-order valence-corrected chi connectivity index (χ4v) is 4.31. The molecular formula is C20H20N2O3S2. The van der Waals surface area contributed by atoms with Crippen LogP contribution in [0, 0.1) is 6.92 Å². The van der Waals surface area contributed by atoms with E-state index in [2.05, 4.69) is 4.98 Å². The van der Waals surface area contributed by atoms with Gasteiger partial charge in [0.25, 0.3) is 5.91 Å². The van der Waals surface area contributed by atoms with Crippen LogP contribution in [0.15, 0.2) is 47.8 Å². The van der Waals surface area contributed by atoms with E-state index in [1.807, 2.05) is 54.8 Å². The first-order valence-electron chi connectivity index (χ1n) is 8.46. The number of hydrogen-bond acceptors (Lipinski definition) is 6. The minimum atomic E-state index is -0.512. The number of ether oxygens (including phenoxy) is 1. The predicted molar refractivity (Wildman–Crippen MR) is 108 cm³/mol. The fourth-order valence-electron chi connectivity index (χ4n) is 2.56. The van der Waals surface area contributed by atoms with Crippen molar-refractivity contribution in [3.05, 3.63) is 64.0 Å². The lowest BCUT2D eigenvalue weighted by Crippen LogP contribution is -2.33. The van der Waals surface area contributed by atoms with Crippen LogP contribution in [-0.4, -0.2) is 35.4 Å². The summed E-state index contributed by atoms with van der Waals surface area (Å²) in [6.45, 7) is 3.42.